The maximum Gasteiger partial charge on any atom is 0.263 e. The van der Waals surface area contributed by atoms with Crippen molar-refractivity contribution in [3.05, 3.63) is 66.9 Å². The summed E-state index contributed by atoms with van der Waals surface area (Å²) in [4.78, 5) is 4.19. The lowest BCUT2D eigenvalue weighted by Gasteiger charge is -2.18. The molecule has 0 saturated heterocycles. The zero-order valence-electron chi connectivity index (χ0n) is 12.2. The van der Waals surface area contributed by atoms with Gasteiger partial charge in [-0.15, -0.1) is 0 Å². The van der Waals surface area contributed by atoms with Crippen LogP contribution >= 0.6 is 0 Å². The predicted molar refractivity (Wildman–Crippen MR) is 80.8 cm³/mol. The van der Waals surface area contributed by atoms with Crippen molar-refractivity contribution in [2.45, 2.75) is 26.4 Å². The Morgan fingerprint density at radius 1 is 1.25 bits per heavy atom. The van der Waals surface area contributed by atoms with E-state index in [1.54, 1.807) is 6.08 Å². The van der Waals surface area contributed by atoms with E-state index in [0.717, 1.165) is 5.57 Å². The van der Waals surface area contributed by atoms with Gasteiger partial charge in [-0.1, -0.05) is 54.8 Å². The molecular weight excluding hydrogens is 252 g/mol. The molecule has 0 aliphatic rings. The largest absolute Gasteiger partial charge is 0.376 e. The van der Waals surface area contributed by atoms with Crippen LogP contribution in [0.4, 0.5) is 0 Å². The fourth-order valence-electron chi connectivity index (χ4n) is 1.36. The topological polar surface area (TPSA) is 59.2 Å². The number of aliphatic hydroxyl groups is 1. The summed E-state index contributed by atoms with van der Waals surface area (Å²) < 4.78 is 5.11. The van der Waals surface area contributed by atoms with Gasteiger partial charge in [-0.25, -0.2) is 0 Å². The van der Waals surface area contributed by atoms with Gasteiger partial charge in [0.2, 0.25) is 5.82 Å². The molecule has 0 fully saturated rings. The fraction of sp³-hybridized carbons (Fsp3) is 0.250. The second-order valence-corrected chi connectivity index (χ2v) is 4.79. The van der Waals surface area contributed by atoms with Crippen molar-refractivity contribution in [1.29, 1.82) is 0 Å². The summed E-state index contributed by atoms with van der Waals surface area (Å²) in [6.45, 7) is 16.5. The molecule has 4 heteroatoms. The van der Waals surface area contributed by atoms with E-state index < -0.39 is 5.60 Å². The first-order valence-corrected chi connectivity index (χ1v) is 6.19. The standard InChI is InChI=1S/C16H20N2O2/c1-7-12(5)16(6,19)15-17-14(18-20-15)13(8-2)10-9-11(3)4/h7-10,19H,1-2,5H2,3-4,6H3/b13-10+. The second-order valence-electron chi connectivity index (χ2n) is 4.79. The van der Waals surface area contributed by atoms with E-state index in [4.69, 9.17) is 4.52 Å². The van der Waals surface area contributed by atoms with Gasteiger partial charge in [-0.3, -0.25) is 0 Å². The van der Waals surface area contributed by atoms with Gasteiger partial charge < -0.3 is 9.63 Å². The number of nitrogens with zero attached hydrogens (tertiary/aromatic N) is 2. The average molecular weight is 272 g/mol. The molecule has 0 aliphatic carbocycles. The zero-order chi connectivity index (χ0) is 15.3. The lowest BCUT2D eigenvalue weighted by Crippen LogP contribution is -2.23. The summed E-state index contributed by atoms with van der Waals surface area (Å²) in [5.41, 5.74) is 0.804. The SMILES string of the molecule is C=CC(=C)C(C)(O)c1nc(/C(C=C)=C/C=C(C)C)no1. The van der Waals surface area contributed by atoms with E-state index in [1.807, 2.05) is 26.0 Å². The van der Waals surface area contributed by atoms with E-state index in [-0.39, 0.29) is 5.89 Å². The molecule has 0 aliphatic heterocycles. The Balaban J connectivity index is 3.17. The third-order valence-corrected chi connectivity index (χ3v) is 2.79. The zero-order valence-corrected chi connectivity index (χ0v) is 12.2. The van der Waals surface area contributed by atoms with Crippen LogP contribution < -0.4 is 0 Å². The highest BCUT2D eigenvalue weighted by Gasteiger charge is 2.32. The van der Waals surface area contributed by atoms with Gasteiger partial charge in [0.15, 0.2) is 5.60 Å². The van der Waals surface area contributed by atoms with Crippen LogP contribution in [0.2, 0.25) is 0 Å². The Labute approximate surface area is 119 Å². The minimum absolute atomic E-state index is 0.0716. The fourth-order valence-corrected chi connectivity index (χ4v) is 1.36. The molecule has 1 unspecified atom stereocenters. The molecule has 0 saturated carbocycles. The molecule has 1 aromatic heterocycles. The molecule has 0 aromatic carbocycles. The molecule has 1 atom stereocenters. The van der Waals surface area contributed by atoms with E-state index in [1.165, 1.54) is 13.0 Å². The van der Waals surface area contributed by atoms with Gasteiger partial charge in [-0.05, 0) is 26.3 Å². The van der Waals surface area contributed by atoms with Gasteiger partial charge in [0, 0.05) is 5.57 Å². The molecule has 1 aromatic rings. The highest BCUT2D eigenvalue weighted by atomic mass is 16.5. The quantitative estimate of drug-likeness (QED) is 0.804. The maximum absolute atomic E-state index is 10.3. The van der Waals surface area contributed by atoms with Crippen LogP contribution in [0.5, 0.6) is 0 Å². The van der Waals surface area contributed by atoms with Crippen molar-refractivity contribution in [3.63, 3.8) is 0 Å². The summed E-state index contributed by atoms with van der Waals surface area (Å²) in [6, 6.07) is 0. The van der Waals surface area contributed by atoms with Crippen molar-refractivity contribution in [1.82, 2.24) is 10.1 Å². The average Bonchev–Trinajstić information content (AvgIpc) is 2.88. The van der Waals surface area contributed by atoms with Crippen molar-refractivity contribution in [2.75, 3.05) is 0 Å². The van der Waals surface area contributed by atoms with Gasteiger partial charge in [-0.2, -0.15) is 4.98 Å². The lowest BCUT2D eigenvalue weighted by atomic mass is 9.97. The summed E-state index contributed by atoms with van der Waals surface area (Å²) in [5, 5.41) is 14.2. The molecule has 1 heterocycles. The van der Waals surface area contributed by atoms with Crippen molar-refractivity contribution in [3.8, 4) is 0 Å². The van der Waals surface area contributed by atoms with Crippen molar-refractivity contribution in [2.24, 2.45) is 0 Å². The number of hydrogen-bond acceptors (Lipinski definition) is 4. The highest BCUT2D eigenvalue weighted by Crippen LogP contribution is 2.28. The third kappa shape index (κ3) is 3.42. The van der Waals surface area contributed by atoms with Crippen LogP contribution in [0.15, 0.2) is 59.7 Å². The molecule has 0 spiro atoms. The van der Waals surface area contributed by atoms with Crippen LogP contribution in [-0.2, 0) is 5.60 Å². The van der Waals surface area contributed by atoms with Gasteiger partial charge in [0.25, 0.3) is 5.89 Å². The van der Waals surface area contributed by atoms with Crippen LogP contribution in [0.3, 0.4) is 0 Å². The number of rotatable bonds is 6. The third-order valence-electron chi connectivity index (χ3n) is 2.79. The minimum atomic E-state index is -1.43. The summed E-state index contributed by atoms with van der Waals surface area (Å²) in [6.07, 6.45) is 6.85. The molecule has 1 rings (SSSR count). The number of aromatic nitrogens is 2. The molecule has 0 radical (unpaired) electrons. The monoisotopic (exact) mass is 272 g/mol. The Morgan fingerprint density at radius 3 is 2.40 bits per heavy atom. The molecule has 0 bridgehead atoms. The Morgan fingerprint density at radius 2 is 1.90 bits per heavy atom. The molecule has 1 N–H and O–H groups in total. The van der Waals surface area contributed by atoms with Crippen LogP contribution in [0.25, 0.3) is 5.57 Å². The van der Waals surface area contributed by atoms with Gasteiger partial charge in [0.1, 0.15) is 0 Å². The van der Waals surface area contributed by atoms with Crippen molar-refractivity contribution >= 4 is 5.57 Å². The van der Waals surface area contributed by atoms with Gasteiger partial charge >= 0.3 is 0 Å². The van der Waals surface area contributed by atoms with Crippen LogP contribution in [-0.4, -0.2) is 15.2 Å². The lowest BCUT2D eigenvalue weighted by molar-refractivity contribution is 0.0635. The Bertz CT molecular complexity index is 585. The summed E-state index contributed by atoms with van der Waals surface area (Å²) in [7, 11) is 0. The van der Waals surface area contributed by atoms with Crippen molar-refractivity contribution < 1.29 is 9.63 Å². The first-order chi connectivity index (χ1) is 9.32. The molecule has 0 amide bonds. The predicted octanol–water partition coefficient (Wildman–Crippen LogP) is 3.55. The first-order valence-electron chi connectivity index (χ1n) is 6.19. The smallest absolute Gasteiger partial charge is 0.263 e. The summed E-state index contributed by atoms with van der Waals surface area (Å²) >= 11 is 0. The minimum Gasteiger partial charge on any atom is -0.376 e. The second kappa shape index (κ2) is 6.30. The van der Waals surface area contributed by atoms with E-state index in [0.29, 0.717) is 17.0 Å². The van der Waals surface area contributed by atoms with Crippen LogP contribution in [0.1, 0.15) is 32.5 Å². The number of allylic oxidation sites excluding steroid dienone is 5. The number of hydrogen-bond donors (Lipinski definition) is 1. The van der Waals surface area contributed by atoms with Crippen LogP contribution in [0, 0.1) is 0 Å². The molecular formula is C16H20N2O2. The molecule has 106 valence electrons. The highest BCUT2D eigenvalue weighted by molar-refractivity contribution is 5.70. The molecule has 20 heavy (non-hydrogen) atoms. The first kappa shape index (κ1) is 15.9. The van der Waals surface area contributed by atoms with E-state index in [2.05, 4.69) is 29.9 Å². The molecule has 4 nitrogen and oxygen atoms in total. The van der Waals surface area contributed by atoms with E-state index in [9.17, 15) is 5.11 Å². The Kier molecular flexibility index (Phi) is 5.00. The Hall–Kier alpha value is -2.20. The van der Waals surface area contributed by atoms with Gasteiger partial charge in [0.05, 0.1) is 0 Å². The maximum atomic E-state index is 10.3. The summed E-state index contributed by atoms with van der Waals surface area (Å²) in [5.74, 6) is 0.437. The van der Waals surface area contributed by atoms with E-state index >= 15 is 0 Å². The normalized spacial score (nSPS) is 14.3.